The van der Waals surface area contributed by atoms with E-state index in [0.717, 1.165) is 3.88 Å². The summed E-state index contributed by atoms with van der Waals surface area (Å²) in [5.41, 5.74) is 0.512. The number of allylic oxidation sites excluding steroid dienone is 4. The molecule has 0 heterocycles. The summed E-state index contributed by atoms with van der Waals surface area (Å²) in [6, 6.07) is 6.74. The van der Waals surface area contributed by atoms with Crippen molar-refractivity contribution < 1.29 is 26.7 Å². The van der Waals surface area contributed by atoms with Crippen LogP contribution in [0.15, 0.2) is 46.4 Å². The molecule has 0 aliphatic heterocycles. The maximum atomic E-state index is 12.0. The Hall–Kier alpha value is -0.0857. The molecule has 18 heavy (non-hydrogen) atoms. The van der Waals surface area contributed by atoms with Gasteiger partial charge in [-0.15, -0.1) is 24.8 Å². The zero-order valence-electron chi connectivity index (χ0n) is 9.30. The fraction of sp³-hybridized carbons (Fsp3) is 0.0833. The molecule has 6 heteroatoms. The van der Waals surface area contributed by atoms with E-state index in [1.54, 1.807) is 24.3 Å². The van der Waals surface area contributed by atoms with E-state index in [2.05, 4.69) is 0 Å². The van der Waals surface area contributed by atoms with Crippen LogP contribution in [-0.4, -0.2) is 7.78 Å². The fourth-order valence-corrected chi connectivity index (χ4v) is 3.73. The minimum absolute atomic E-state index is 0. The van der Waals surface area contributed by atoms with Gasteiger partial charge in [0, 0.05) is 0 Å². The first-order valence-electron chi connectivity index (χ1n) is 4.91. The summed E-state index contributed by atoms with van der Waals surface area (Å²) in [6.07, 6.45) is 6.38. The van der Waals surface area contributed by atoms with Gasteiger partial charge in [-0.25, -0.2) is 0 Å². The van der Waals surface area contributed by atoms with E-state index < -0.39 is 18.3 Å². The molecule has 0 atom stereocenters. The molecule has 1 aliphatic rings. The quantitative estimate of drug-likeness (QED) is 0.851. The molecule has 2 nitrogen and oxygen atoms in total. The first-order valence-corrected chi connectivity index (χ1v) is 7.54. The summed E-state index contributed by atoms with van der Waals surface area (Å²) in [5, 5.41) is 0.523. The summed E-state index contributed by atoms with van der Waals surface area (Å²) in [4.78, 5) is 12.0. The van der Waals surface area contributed by atoms with E-state index in [0.29, 0.717) is 17.0 Å². The van der Waals surface area contributed by atoms with Crippen molar-refractivity contribution in [3.8, 4) is 0 Å². The van der Waals surface area contributed by atoms with Crippen LogP contribution in [-0.2, 0) is 18.3 Å². The van der Waals surface area contributed by atoms with E-state index in [1.807, 2.05) is 18.2 Å². The standard InChI is InChI=1S/C7H4ClO.C5H5.2ClH.H2O.Ti/c8-7-3-1-2-6(4-7)5-9;1-2-4-5-3-1;;;;/h1-4H;1-3H,4H2;2*1H;1H2;/q;;;;;+1/p-1. The average Bonchev–Trinajstić information content (AvgIpc) is 2.80. The van der Waals surface area contributed by atoms with E-state index in [4.69, 9.17) is 11.6 Å². The van der Waals surface area contributed by atoms with Crippen LogP contribution in [0.5, 0.6) is 0 Å². The van der Waals surface area contributed by atoms with Crippen LogP contribution in [0.3, 0.4) is 0 Å². The molecular formula is C12H12Cl3O2Ti. The third kappa shape index (κ3) is 4.23. The minimum atomic E-state index is -2.78. The Balaban J connectivity index is 0.00000144. The number of benzene rings is 1. The second-order valence-electron chi connectivity index (χ2n) is 3.51. The summed E-state index contributed by atoms with van der Waals surface area (Å²) < 4.78 is 10.8. The van der Waals surface area contributed by atoms with E-state index >= 15 is 0 Å². The van der Waals surface area contributed by atoms with Gasteiger partial charge in [0.1, 0.15) is 0 Å². The second kappa shape index (κ2) is 8.16. The van der Waals surface area contributed by atoms with Crippen molar-refractivity contribution in [2.75, 3.05) is 0 Å². The van der Waals surface area contributed by atoms with E-state index in [1.165, 1.54) is 0 Å². The Bertz CT molecular complexity index is 486. The van der Waals surface area contributed by atoms with Crippen LogP contribution in [0.4, 0.5) is 0 Å². The van der Waals surface area contributed by atoms with Crippen molar-refractivity contribution >= 4 is 40.5 Å². The molecule has 0 fully saturated rings. The molecule has 97 valence electrons. The zero-order chi connectivity index (χ0) is 11.5. The van der Waals surface area contributed by atoms with Gasteiger partial charge in [-0.05, 0) is 0 Å². The van der Waals surface area contributed by atoms with Crippen molar-refractivity contribution in [2.45, 2.75) is 6.42 Å². The van der Waals surface area contributed by atoms with E-state index in [-0.39, 0.29) is 28.9 Å². The summed E-state index contributed by atoms with van der Waals surface area (Å²) in [5.74, 6) is 0. The molecule has 2 rings (SSSR count). The van der Waals surface area contributed by atoms with Crippen molar-refractivity contribution in [1.82, 2.24) is 0 Å². The molecule has 1 aliphatic carbocycles. The van der Waals surface area contributed by atoms with Crippen molar-refractivity contribution in [2.24, 2.45) is 0 Å². The van der Waals surface area contributed by atoms with Gasteiger partial charge in [0.15, 0.2) is 0 Å². The third-order valence-corrected chi connectivity index (χ3v) is 5.26. The number of hydrogen-bond acceptors (Lipinski definition) is 2. The Morgan fingerprint density at radius 3 is 2.61 bits per heavy atom. The molecule has 0 saturated carbocycles. The average molecular weight is 342 g/mol. The number of rotatable bonds is 3. The third-order valence-electron chi connectivity index (χ3n) is 2.38. The number of carbonyl (C=O) groups excluding carboxylic acids is 1. The molecule has 0 saturated heterocycles. The molecule has 1 aromatic carbocycles. The Morgan fingerprint density at radius 2 is 2.06 bits per heavy atom. The molecule has 0 unspecified atom stereocenters. The van der Waals surface area contributed by atoms with Gasteiger partial charge in [0.25, 0.3) is 0 Å². The Labute approximate surface area is 130 Å². The van der Waals surface area contributed by atoms with Crippen LogP contribution in [0.2, 0.25) is 5.02 Å². The van der Waals surface area contributed by atoms with Gasteiger partial charge in [0.2, 0.25) is 0 Å². The van der Waals surface area contributed by atoms with Crippen LogP contribution >= 0.6 is 36.4 Å². The Morgan fingerprint density at radius 1 is 1.33 bits per heavy atom. The number of halogens is 3. The number of hydrogen-bond donors (Lipinski definition) is 1. The molecule has 0 amide bonds. The zero-order valence-corrected chi connectivity index (χ0v) is 13.2. The van der Waals surface area contributed by atoms with E-state index in [9.17, 15) is 8.48 Å². The topological polar surface area (TPSA) is 37.3 Å². The SMILES string of the molecule is Cl.Cl.O=[C](c1cccc(Cl)c1)[Ti]([OH])[C]1=CC=CC1. The summed E-state index contributed by atoms with van der Waals surface area (Å²) in [6.45, 7) is 0. The molecule has 0 bridgehead atoms. The van der Waals surface area contributed by atoms with Gasteiger partial charge in [-0.1, -0.05) is 0 Å². The van der Waals surface area contributed by atoms with Gasteiger partial charge < -0.3 is 0 Å². The molecule has 0 aromatic heterocycles. The molecular weight excluding hydrogens is 330 g/mol. The van der Waals surface area contributed by atoms with Crippen LogP contribution in [0.25, 0.3) is 0 Å². The van der Waals surface area contributed by atoms with Gasteiger partial charge in [-0.2, -0.15) is 0 Å². The maximum absolute atomic E-state index is 12.0. The molecule has 0 radical (unpaired) electrons. The normalized spacial score (nSPS) is 12.2. The predicted octanol–water partition coefficient (Wildman–Crippen LogP) is 3.69. The van der Waals surface area contributed by atoms with Crippen LogP contribution < -0.4 is 0 Å². The second-order valence-corrected chi connectivity index (χ2v) is 6.75. The van der Waals surface area contributed by atoms with Gasteiger partial charge >= 0.3 is 106 Å². The fourth-order valence-electron chi connectivity index (χ4n) is 1.54. The first-order chi connectivity index (χ1) is 7.68. The van der Waals surface area contributed by atoms with Gasteiger partial charge in [-0.3, -0.25) is 0 Å². The first kappa shape index (κ1) is 17.9. The monoisotopic (exact) mass is 341 g/mol. The van der Waals surface area contributed by atoms with Crippen LogP contribution in [0.1, 0.15) is 16.8 Å². The summed E-state index contributed by atoms with van der Waals surface area (Å²) >= 11 is 3.03. The van der Waals surface area contributed by atoms with Crippen LogP contribution in [0, 0.1) is 0 Å². The molecule has 1 N–H and O–H groups in total. The van der Waals surface area contributed by atoms with Gasteiger partial charge in [0.05, 0.1) is 0 Å². The predicted molar refractivity (Wildman–Crippen MR) is 74.3 cm³/mol. The molecule has 1 aromatic rings. The molecule has 0 spiro atoms. The number of carbonyl (C=O) groups is 1. The van der Waals surface area contributed by atoms with Crippen molar-refractivity contribution in [3.05, 3.63) is 57.0 Å². The van der Waals surface area contributed by atoms with Crippen molar-refractivity contribution in [1.29, 1.82) is 0 Å². The van der Waals surface area contributed by atoms with Crippen molar-refractivity contribution in [3.63, 3.8) is 0 Å². The Kier molecular flexibility index (Phi) is 8.12. The summed E-state index contributed by atoms with van der Waals surface area (Å²) in [7, 11) is 0.